The Balaban J connectivity index is 2.13. The fourth-order valence-corrected chi connectivity index (χ4v) is 2.37. The van der Waals surface area contributed by atoms with Crippen LogP contribution in [0.3, 0.4) is 0 Å². The molecule has 1 aromatic heterocycles. The van der Waals surface area contributed by atoms with Crippen molar-refractivity contribution in [2.75, 3.05) is 20.8 Å². The second-order valence-electron chi connectivity index (χ2n) is 5.63. The van der Waals surface area contributed by atoms with Crippen molar-refractivity contribution >= 4 is 11.9 Å². The predicted molar refractivity (Wildman–Crippen MR) is 96.9 cm³/mol. The van der Waals surface area contributed by atoms with Crippen molar-refractivity contribution in [2.24, 2.45) is 0 Å². The van der Waals surface area contributed by atoms with Crippen molar-refractivity contribution in [3.63, 3.8) is 0 Å². The normalized spacial score (nSPS) is 10.3. The maximum atomic E-state index is 12.0. The van der Waals surface area contributed by atoms with Crippen LogP contribution < -0.4 is 20.3 Å². The highest BCUT2D eigenvalue weighted by molar-refractivity contribution is 5.75. The van der Waals surface area contributed by atoms with Crippen molar-refractivity contribution in [1.82, 2.24) is 15.1 Å². The smallest absolute Gasteiger partial charge is 0.303 e. The third-order valence-electron chi connectivity index (χ3n) is 3.73. The molecule has 0 bridgehead atoms. The lowest BCUT2D eigenvalue weighted by Crippen LogP contribution is -2.34. The van der Waals surface area contributed by atoms with E-state index in [-0.39, 0.29) is 19.5 Å². The van der Waals surface area contributed by atoms with E-state index in [4.69, 9.17) is 14.6 Å². The second-order valence-corrected chi connectivity index (χ2v) is 5.63. The van der Waals surface area contributed by atoms with E-state index in [9.17, 15) is 14.4 Å². The molecule has 0 aliphatic carbocycles. The second kappa shape index (κ2) is 9.37. The molecule has 0 aliphatic rings. The van der Waals surface area contributed by atoms with Crippen LogP contribution in [0, 0.1) is 0 Å². The molecule has 1 heterocycles. The number of carboxylic acids is 1. The molecule has 9 heteroatoms. The number of aromatic nitrogens is 2. The average molecular weight is 375 g/mol. The van der Waals surface area contributed by atoms with E-state index in [0.29, 0.717) is 29.2 Å². The summed E-state index contributed by atoms with van der Waals surface area (Å²) in [5.41, 5.74) is 0.775. The van der Waals surface area contributed by atoms with Crippen LogP contribution >= 0.6 is 0 Å². The molecule has 0 unspecified atom stereocenters. The largest absolute Gasteiger partial charge is 0.493 e. The fourth-order valence-electron chi connectivity index (χ4n) is 2.37. The van der Waals surface area contributed by atoms with E-state index in [0.717, 1.165) is 4.68 Å². The molecule has 0 spiro atoms. The molecule has 0 fully saturated rings. The summed E-state index contributed by atoms with van der Waals surface area (Å²) in [6.07, 6.45) is 0.280. The molecule has 27 heavy (non-hydrogen) atoms. The van der Waals surface area contributed by atoms with Gasteiger partial charge >= 0.3 is 5.97 Å². The average Bonchev–Trinajstić information content (AvgIpc) is 2.66. The number of hydrogen-bond donors (Lipinski definition) is 2. The molecule has 0 radical (unpaired) electrons. The van der Waals surface area contributed by atoms with Gasteiger partial charge in [0.05, 0.1) is 19.9 Å². The monoisotopic (exact) mass is 375 g/mol. The maximum Gasteiger partial charge on any atom is 0.303 e. The van der Waals surface area contributed by atoms with Gasteiger partial charge in [0.1, 0.15) is 6.54 Å². The summed E-state index contributed by atoms with van der Waals surface area (Å²) in [6, 6.07) is 8.11. The van der Waals surface area contributed by atoms with Gasteiger partial charge in [-0.3, -0.25) is 14.4 Å². The van der Waals surface area contributed by atoms with Crippen LogP contribution in [0.2, 0.25) is 0 Å². The number of carboxylic acid groups (broad SMARTS) is 1. The Morgan fingerprint density at radius 3 is 2.56 bits per heavy atom. The molecule has 0 atom stereocenters. The highest BCUT2D eigenvalue weighted by atomic mass is 16.5. The number of methoxy groups -OCH3 is 2. The van der Waals surface area contributed by atoms with Gasteiger partial charge in [0, 0.05) is 24.6 Å². The minimum absolute atomic E-state index is 0.0345. The molecule has 0 saturated heterocycles. The quantitative estimate of drug-likeness (QED) is 0.625. The number of carbonyl (C=O) groups excluding carboxylic acids is 1. The van der Waals surface area contributed by atoms with Crippen LogP contribution in [0.5, 0.6) is 11.5 Å². The summed E-state index contributed by atoms with van der Waals surface area (Å²) in [4.78, 5) is 34.4. The zero-order valence-electron chi connectivity index (χ0n) is 15.1. The van der Waals surface area contributed by atoms with Crippen molar-refractivity contribution in [1.29, 1.82) is 0 Å². The van der Waals surface area contributed by atoms with E-state index in [1.807, 2.05) is 0 Å². The molecule has 9 nitrogen and oxygen atoms in total. The Bertz CT molecular complexity index is 878. The summed E-state index contributed by atoms with van der Waals surface area (Å²) in [5, 5.41) is 15.4. The molecule has 144 valence electrons. The number of ether oxygens (including phenoxy) is 2. The molecule has 0 saturated carbocycles. The van der Waals surface area contributed by atoms with Crippen LogP contribution in [-0.4, -0.2) is 47.5 Å². The van der Waals surface area contributed by atoms with Crippen molar-refractivity contribution in [3.05, 3.63) is 40.7 Å². The number of amides is 1. The first-order valence-electron chi connectivity index (χ1n) is 8.23. The highest BCUT2D eigenvalue weighted by Gasteiger charge is 2.11. The first kappa shape index (κ1) is 20.0. The minimum Gasteiger partial charge on any atom is -0.493 e. The van der Waals surface area contributed by atoms with Gasteiger partial charge in [-0.15, -0.1) is 0 Å². The molecular weight excluding hydrogens is 354 g/mol. The molecule has 2 rings (SSSR count). The summed E-state index contributed by atoms with van der Waals surface area (Å²) < 4.78 is 11.5. The van der Waals surface area contributed by atoms with E-state index in [2.05, 4.69) is 10.4 Å². The first-order valence-corrected chi connectivity index (χ1v) is 8.23. The van der Waals surface area contributed by atoms with Gasteiger partial charge in [-0.25, -0.2) is 4.68 Å². The summed E-state index contributed by atoms with van der Waals surface area (Å²) >= 11 is 0. The van der Waals surface area contributed by atoms with Crippen LogP contribution in [0.4, 0.5) is 0 Å². The molecule has 2 N–H and O–H groups in total. The Morgan fingerprint density at radius 2 is 1.89 bits per heavy atom. The van der Waals surface area contributed by atoms with Gasteiger partial charge in [-0.1, -0.05) is 0 Å². The molecule has 1 aromatic carbocycles. The van der Waals surface area contributed by atoms with Gasteiger partial charge in [0.25, 0.3) is 5.56 Å². The van der Waals surface area contributed by atoms with Gasteiger partial charge in [-0.2, -0.15) is 5.10 Å². The summed E-state index contributed by atoms with van der Waals surface area (Å²) in [6.45, 7) is -0.0394. The Labute approximate surface area is 155 Å². The Hall–Kier alpha value is -3.36. The summed E-state index contributed by atoms with van der Waals surface area (Å²) in [5.74, 6) is -0.259. The van der Waals surface area contributed by atoms with Crippen LogP contribution in [0.25, 0.3) is 11.3 Å². The maximum absolute atomic E-state index is 12.0. The van der Waals surface area contributed by atoms with Crippen LogP contribution in [0.15, 0.2) is 35.1 Å². The first-order chi connectivity index (χ1) is 12.9. The van der Waals surface area contributed by atoms with Gasteiger partial charge in [-0.05, 0) is 30.7 Å². The zero-order chi connectivity index (χ0) is 19.8. The van der Waals surface area contributed by atoms with Crippen molar-refractivity contribution < 1.29 is 24.2 Å². The third kappa shape index (κ3) is 5.56. The highest BCUT2D eigenvalue weighted by Crippen LogP contribution is 2.31. The number of rotatable bonds is 9. The van der Waals surface area contributed by atoms with Gasteiger partial charge in [0.2, 0.25) is 5.91 Å². The lowest BCUT2D eigenvalue weighted by molar-refractivity contribution is -0.137. The number of aliphatic carboxylic acids is 1. The number of nitrogens with one attached hydrogen (secondary N) is 1. The number of hydrogen-bond acceptors (Lipinski definition) is 6. The van der Waals surface area contributed by atoms with Crippen molar-refractivity contribution in [2.45, 2.75) is 19.4 Å². The SMILES string of the molecule is COc1ccc(-c2ccc(=O)n(CC(=O)NCCCC(=O)O)n2)cc1OC. The molecular formula is C18H21N3O6. The molecule has 1 amide bonds. The van der Waals surface area contributed by atoms with Gasteiger partial charge in [0.15, 0.2) is 11.5 Å². The predicted octanol–water partition coefficient (Wildman–Crippen LogP) is 0.908. The lowest BCUT2D eigenvalue weighted by Gasteiger charge is -2.11. The Morgan fingerprint density at radius 1 is 1.15 bits per heavy atom. The fraction of sp³-hybridized carbons (Fsp3) is 0.333. The van der Waals surface area contributed by atoms with E-state index in [1.54, 1.807) is 24.3 Å². The number of benzene rings is 1. The number of nitrogens with zero attached hydrogens (tertiary/aromatic N) is 2. The zero-order valence-corrected chi connectivity index (χ0v) is 15.1. The Kier molecular flexibility index (Phi) is 6.93. The van der Waals surface area contributed by atoms with Crippen LogP contribution in [0.1, 0.15) is 12.8 Å². The number of carbonyl (C=O) groups is 2. The van der Waals surface area contributed by atoms with E-state index in [1.165, 1.54) is 20.3 Å². The van der Waals surface area contributed by atoms with E-state index >= 15 is 0 Å². The molecule has 2 aromatic rings. The van der Waals surface area contributed by atoms with Crippen LogP contribution in [-0.2, 0) is 16.1 Å². The minimum atomic E-state index is -0.926. The lowest BCUT2D eigenvalue weighted by atomic mass is 10.1. The standard InChI is InChI=1S/C18H21N3O6/c1-26-14-7-5-12(10-15(14)27-2)13-6-8-17(23)21(20-13)11-16(22)19-9-3-4-18(24)25/h5-8,10H,3-4,9,11H2,1-2H3,(H,19,22)(H,24,25). The van der Waals surface area contributed by atoms with Crippen molar-refractivity contribution in [3.8, 4) is 22.8 Å². The topological polar surface area (TPSA) is 120 Å². The summed E-state index contributed by atoms with van der Waals surface area (Å²) in [7, 11) is 3.05. The van der Waals surface area contributed by atoms with Gasteiger partial charge < -0.3 is 19.9 Å². The third-order valence-corrected chi connectivity index (χ3v) is 3.73. The van der Waals surface area contributed by atoms with E-state index < -0.39 is 17.4 Å². The molecule has 0 aliphatic heterocycles.